The molecule has 0 radical (unpaired) electrons. The van der Waals surface area contributed by atoms with Gasteiger partial charge in [0.25, 0.3) is 0 Å². The van der Waals surface area contributed by atoms with Crippen molar-refractivity contribution in [3.05, 3.63) is 41.4 Å². The van der Waals surface area contributed by atoms with Crippen LogP contribution in [-0.4, -0.2) is 24.4 Å². The lowest BCUT2D eigenvalue weighted by molar-refractivity contribution is 0.123. The number of aliphatic hydroxyl groups is 1. The molecule has 0 aromatic heterocycles. The van der Waals surface area contributed by atoms with Gasteiger partial charge < -0.3 is 15.2 Å². The number of nitrogens with one attached hydrogen (secondary N) is 1. The van der Waals surface area contributed by atoms with Crippen molar-refractivity contribution >= 4 is 11.6 Å². The van der Waals surface area contributed by atoms with Gasteiger partial charge in [0.15, 0.2) is 0 Å². The molecule has 2 N–H and O–H groups in total. The first-order chi connectivity index (χ1) is 9.04. The van der Waals surface area contributed by atoms with Gasteiger partial charge in [-0.2, -0.15) is 0 Å². The Morgan fingerprint density at radius 2 is 2.21 bits per heavy atom. The normalized spacial score (nSPS) is 12.5. The second-order valence-electron chi connectivity index (χ2n) is 4.81. The van der Waals surface area contributed by atoms with Crippen molar-refractivity contribution in [2.45, 2.75) is 26.5 Å². The highest BCUT2D eigenvalue weighted by Crippen LogP contribution is 2.25. The van der Waals surface area contributed by atoms with Gasteiger partial charge in [0.05, 0.1) is 11.1 Å². The summed E-state index contributed by atoms with van der Waals surface area (Å²) in [6, 6.07) is 5.68. The standard InChI is InChI=1S/C15H22ClNO2/c1-4-7-19-15-6-5-12(8-13(15)16)9-17-10-14(18)11(2)3/h4-6,8,11,14,17-18H,1,7,9-10H2,2-3H3. The molecule has 3 nitrogen and oxygen atoms in total. The second-order valence-corrected chi connectivity index (χ2v) is 5.21. The highest BCUT2D eigenvalue weighted by atomic mass is 35.5. The predicted molar refractivity (Wildman–Crippen MR) is 79.7 cm³/mol. The third-order valence-corrected chi connectivity index (χ3v) is 3.10. The van der Waals surface area contributed by atoms with E-state index in [1.54, 1.807) is 6.08 Å². The van der Waals surface area contributed by atoms with Gasteiger partial charge in [-0.25, -0.2) is 0 Å². The Morgan fingerprint density at radius 3 is 2.79 bits per heavy atom. The molecule has 0 aliphatic rings. The van der Waals surface area contributed by atoms with Crippen LogP contribution in [0.25, 0.3) is 0 Å². The molecular formula is C15H22ClNO2. The maximum absolute atomic E-state index is 9.68. The number of hydrogen-bond donors (Lipinski definition) is 2. The van der Waals surface area contributed by atoms with Crippen LogP contribution in [0.2, 0.25) is 5.02 Å². The van der Waals surface area contributed by atoms with Gasteiger partial charge in [0.2, 0.25) is 0 Å². The summed E-state index contributed by atoms with van der Waals surface area (Å²) in [7, 11) is 0. The summed E-state index contributed by atoms with van der Waals surface area (Å²) in [4.78, 5) is 0. The lowest BCUT2D eigenvalue weighted by Gasteiger charge is -2.15. The van der Waals surface area contributed by atoms with Gasteiger partial charge in [0.1, 0.15) is 12.4 Å². The maximum Gasteiger partial charge on any atom is 0.138 e. The van der Waals surface area contributed by atoms with Crippen molar-refractivity contribution in [1.82, 2.24) is 5.32 Å². The molecule has 0 aliphatic heterocycles. The predicted octanol–water partition coefficient (Wildman–Crippen LogP) is 3.01. The molecular weight excluding hydrogens is 262 g/mol. The van der Waals surface area contributed by atoms with Crippen LogP contribution in [0, 0.1) is 5.92 Å². The number of rotatable bonds is 8. The van der Waals surface area contributed by atoms with Crippen LogP contribution < -0.4 is 10.1 Å². The van der Waals surface area contributed by atoms with Crippen LogP contribution >= 0.6 is 11.6 Å². The first kappa shape index (κ1) is 16.0. The van der Waals surface area contributed by atoms with Crippen molar-refractivity contribution in [3.8, 4) is 5.75 Å². The molecule has 19 heavy (non-hydrogen) atoms. The minimum Gasteiger partial charge on any atom is -0.488 e. The molecule has 0 spiro atoms. The minimum absolute atomic E-state index is 0.255. The number of hydrogen-bond acceptors (Lipinski definition) is 3. The van der Waals surface area contributed by atoms with Crippen molar-refractivity contribution in [2.75, 3.05) is 13.2 Å². The molecule has 0 saturated heterocycles. The Labute approximate surface area is 120 Å². The first-order valence-corrected chi connectivity index (χ1v) is 6.83. The number of benzene rings is 1. The molecule has 0 saturated carbocycles. The molecule has 1 atom stereocenters. The van der Waals surface area contributed by atoms with Crippen LogP contribution in [0.3, 0.4) is 0 Å². The fourth-order valence-corrected chi connectivity index (χ4v) is 1.78. The zero-order chi connectivity index (χ0) is 14.3. The average molecular weight is 284 g/mol. The van der Waals surface area contributed by atoms with Gasteiger partial charge in [-0.05, 0) is 23.6 Å². The summed E-state index contributed by atoms with van der Waals surface area (Å²) in [5, 5.41) is 13.5. The highest BCUT2D eigenvalue weighted by molar-refractivity contribution is 6.32. The van der Waals surface area contributed by atoms with E-state index in [4.69, 9.17) is 16.3 Å². The summed E-state index contributed by atoms with van der Waals surface area (Å²) in [6.07, 6.45) is 1.35. The van der Waals surface area contributed by atoms with Crippen molar-refractivity contribution in [3.63, 3.8) is 0 Å². The van der Waals surface area contributed by atoms with Gasteiger partial charge in [-0.3, -0.25) is 0 Å². The Kier molecular flexibility index (Phi) is 6.92. The molecule has 0 aliphatic carbocycles. The van der Waals surface area contributed by atoms with Crippen LogP contribution in [0.15, 0.2) is 30.9 Å². The minimum atomic E-state index is -0.328. The Balaban J connectivity index is 2.47. The lowest BCUT2D eigenvalue weighted by Crippen LogP contribution is -2.30. The van der Waals surface area contributed by atoms with Crippen molar-refractivity contribution in [2.24, 2.45) is 5.92 Å². The zero-order valence-corrected chi connectivity index (χ0v) is 12.3. The average Bonchev–Trinajstić information content (AvgIpc) is 2.37. The molecule has 0 fully saturated rings. The smallest absolute Gasteiger partial charge is 0.138 e. The number of aliphatic hydroxyl groups excluding tert-OH is 1. The van der Waals surface area contributed by atoms with Crippen molar-refractivity contribution in [1.29, 1.82) is 0 Å². The monoisotopic (exact) mass is 283 g/mol. The topological polar surface area (TPSA) is 41.5 Å². The summed E-state index contributed by atoms with van der Waals surface area (Å²) >= 11 is 6.12. The molecule has 106 valence electrons. The quantitative estimate of drug-likeness (QED) is 0.721. The molecule has 0 bridgehead atoms. The maximum atomic E-state index is 9.68. The summed E-state index contributed by atoms with van der Waals surface area (Å²) in [6.45, 7) is 9.27. The SMILES string of the molecule is C=CCOc1ccc(CNCC(O)C(C)C)cc1Cl. The summed E-state index contributed by atoms with van der Waals surface area (Å²) in [5.74, 6) is 0.915. The zero-order valence-electron chi connectivity index (χ0n) is 11.5. The van der Waals surface area contributed by atoms with E-state index in [2.05, 4.69) is 11.9 Å². The van der Waals surface area contributed by atoms with Gasteiger partial charge in [0, 0.05) is 13.1 Å². The van der Waals surface area contributed by atoms with Crippen molar-refractivity contribution < 1.29 is 9.84 Å². The molecule has 1 rings (SSSR count). The van der Waals surface area contributed by atoms with Crippen LogP contribution in [0.1, 0.15) is 19.4 Å². The molecule has 0 heterocycles. The van der Waals surface area contributed by atoms with E-state index in [9.17, 15) is 5.11 Å². The van der Waals surface area contributed by atoms with Crippen LogP contribution in [0.4, 0.5) is 0 Å². The summed E-state index contributed by atoms with van der Waals surface area (Å²) < 4.78 is 5.40. The van der Waals surface area contributed by atoms with E-state index >= 15 is 0 Å². The molecule has 1 unspecified atom stereocenters. The summed E-state index contributed by atoms with van der Waals surface area (Å²) in [5.41, 5.74) is 1.06. The van der Waals surface area contributed by atoms with Crippen LogP contribution in [-0.2, 0) is 6.54 Å². The highest BCUT2D eigenvalue weighted by Gasteiger charge is 2.08. The largest absolute Gasteiger partial charge is 0.488 e. The Bertz CT molecular complexity index is 407. The van der Waals surface area contributed by atoms with E-state index in [1.165, 1.54) is 0 Å². The number of ether oxygens (including phenoxy) is 1. The third-order valence-electron chi connectivity index (χ3n) is 2.81. The van der Waals surface area contributed by atoms with E-state index in [1.807, 2.05) is 32.0 Å². The van der Waals surface area contributed by atoms with E-state index in [-0.39, 0.29) is 12.0 Å². The molecule has 0 amide bonds. The van der Waals surface area contributed by atoms with E-state index in [0.717, 1.165) is 5.56 Å². The fraction of sp³-hybridized carbons (Fsp3) is 0.467. The molecule has 1 aromatic carbocycles. The molecule has 1 aromatic rings. The molecule has 4 heteroatoms. The second kappa shape index (κ2) is 8.20. The van der Waals surface area contributed by atoms with E-state index in [0.29, 0.717) is 30.5 Å². The van der Waals surface area contributed by atoms with Gasteiger partial charge in [-0.15, -0.1) is 0 Å². The Morgan fingerprint density at radius 1 is 1.47 bits per heavy atom. The van der Waals surface area contributed by atoms with Crippen LogP contribution in [0.5, 0.6) is 5.75 Å². The third kappa shape index (κ3) is 5.64. The van der Waals surface area contributed by atoms with Gasteiger partial charge >= 0.3 is 0 Å². The lowest BCUT2D eigenvalue weighted by atomic mass is 10.1. The fourth-order valence-electron chi connectivity index (χ4n) is 1.52. The Hall–Kier alpha value is -1.03. The van der Waals surface area contributed by atoms with Gasteiger partial charge in [-0.1, -0.05) is 44.2 Å². The number of halogens is 1. The first-order valence-electron chi connectivity index (χ1n) is 6.45. The van der Waals surface area contributed by atoms with E-state index < -0.39 is 0 Å².